The Morgan fingerprint density at radius 1 is 1.43 bits per heavy atom. The molecule has 0 heterocycles. The SMILES string of the molecule is CN(C)CCC(=C(C#N)C(=O)O)c1ccc(N=[N+]=[N-])cc1. The van der Waals surface area contributed by atoms with Gasteiger partial charge in [0.25, 0.3) is 0 Å². The van der Waals surface area contributed by atoms with E-state index in [4.69, 9.17) is 15.9 Å². The Morgan fingerprint density at radius 3 is 2.48 bits per heavy atom. The minimum atomic E-state index is -1.25. The van der Waals surface area contributed by atoms with Gasteiger partial charge in [-0.2, -0.15) is 5.26 Å². The molecule has 0 unspecified atom stereocenters. The molecule has 0 aliphatic heterocycles. The highest BCUT2D eigenvalue weighted by molar-refractivity contribution is 6.00. The van der Waals surface area contributed by atoms with Crippen LogP contribution in [0.5, 0.6) is 0 Å². The van der Waals surface area contributed by atoms with Crippen LogP contribution in [-0.4, -0.2) is 36.6 Å². The number of hydrogen-bond acceptors (Lipinski definition) is 4. The second kappa shape index (κ2) is 7.70. The number of azide groups is 1. The molecule has 0 aliphatic rings. The maximum atomic E-state index is 11.2. The van der Waals surface area contributed by atoms with E-state index in [-0.39, 0.29) is 5.57 Å². The number of nitrogens with zero attached hydrogens (tertiary/aromatic N) is 5. The fraction of sp³-hybridized carbons (Fsp3) is 0.286. The van der Waals surface area contributed by atoms with Crippen molar-refractivity contribution in [1.29, 1.82) is 5.26 Å². The Morgan fingerprint density at radius 2 is 2.05 bits per heavy atom. The summed E-state index contributed by atoms with van der Waals surface area (Å²) in [7, 11) is 3.74. The summed E-state index contributed by atoms with van der Waals surface area (Å²) in [4.78, 5) is 15.8. The number of hydrogen-bond donors (Lipinski definition) is 1. The van der Waals surface area contributed by atoms with E-state index in [1.807, 2.05) is 19.0 Å². The predicted molar refractivity (Wildman–Crippen MR) is 78.6 cm³/mol. The van der Waals surface area contributed by atoms with Crippen molar-refractivity contribution < 1.29 is 9.90 Å². The van der Waals surface area contributed by atoms with Crippen LogP contribution >= 0.6 is 0 Å². The Hall–Kier alpha value is -2.81. The molecule has 0 radical (unpaired) electrons. The van der Waals surface area contributed by atoms with Gasteiger partial charge in [0.15, 0.2) is 0 Å². The summed E-state index contributed by atoms with van der Waals surface area (Å²) in [5, 5.41) is 21.7. The number of carbonyl (C=O) groups is 1. The van der Waals surface area contributed by atoms with E-state index in [9.17, 15) is 4.79 Å². The van der Waals surface area contributed by atoms with E-state index >= 15 is 0 Å². The molecular formula is C14H15N5O2. The molecular weight excluding hydrogens is 270 g/mol. The predicted octanol–water partition coefficient (Wildman–Crippen LogP) is 2.94. The van der Waals surface area contributed by atoms with E-state index in [0.717, 1.165) is 0 Å². The smallest absolute Gasteiger partial charge is 0.346 e. The van der Waals surface area contributed by atoms with Gasteiger partial charge in [-0.3, -0.25) is 0 Å². The van der Waals surface area contributed by atoms with Crippen LogP contribution in [-0.2, 0) is 4.79 Å². The number of benzene rings is 1. The van der Waals surface area contributed by atoms with E-state index < -0.39 is 5.97 Å². The zero-order valence-corrected chi connectivity index (χ0v) is 11.8. The monoisotopic (exact) mass is 285 g/mol. The quantitative estimate of drug-likeness (QED) is 0.284. The molecule has 1 rings (SSSR count). The van der Waals surface area contributed by atoms with Crippen molar-refractivity contribution in [1.82, 2.24) is 4.90 Å². The molecule has 0 amide bonds. The molecule has 0 bridgehead atoms. The molecule has 7 heteroatoms. The van der Waals surface area contributed by atoms with Crippen molar-refractivity contribution in [2.24, 2.45) is 5.11 Å². The molecule has 0 aromatic heterocycles. The van der Waals surface area contributed by atoms with Crippen molar-refractivity contribution in [2.45, 2.75) is 6.42 Å². The third-order valence-electron chi connectivity index (χ3n) is 2.81. The first-order valence-electron chi connectivity index (χ1n) is 6.16. The molecule has 7 nitrogen and oxygen atoms in total. The molecule has 0 aliphatic carbocycles. The summed E-state index contributed by atoms with van der Waals surface area (Å²) in [6.07, 6.45) is 0.434. The lowest BCUT2D eigenvalue weighted by Gasteiger charge is -2.13. The van der Waals surface area contributed by atoms with E-state index in [0.29, 0.717) is 29.8 Å². The van der Waals surface area contributed by atoms with E-state index in [1.165, 1.54) is 0 Å². The van der Waals surface area contributed by atoms with Gasteiger partial charge in [0.05, 0.1) is 0 Å². The van der Waals surface area contributed by atoms with Gasteiger partial charge >= 0.3 is 5.97 Å². The maximum absolute atomic E-state index is 11.2. The summed E-state index contributed by atoms with van der Waals surface area (Å²) < 4.78 is 0. The third-order valence-corrected chi connectivity index (χ3v) is 2.81. The largest absolute Gasteiger partial charge is 0.477 e. The van der Waals surface area contributed by atoms with Crippen molar-refractivity contribution in [3.8, 4) is 6.07 Å². The molecule has 0 spiro atoms. The number of carboxylic acid groups (broad SMARTS) is 1. The first kappa shape index (κ1) is 16.2. The second-order valence-electron chi connectivity index (χ2n) is 4.56. The number of carboxylic acids is 1. The Balaban J connectivity index is 3.26. The van der Waals surface area contributed by atoms with Gasteiger partial charge < -0.3 is 10.0 Å². The average molecular weight is 285 g/mol. The number of nitriles is 1. The van der Waals surface area contributed by atoms with Crippen molar-refractivity contribution >= 4 is 17.2 Å². The first-order valence-corrected chi connectivity index (χ1v) is 6.16. The Bertz CT molecular complexity index is 634. The lowest BCUT2D eigenvalue weighted by atomic mass is 9.97. The van der Waals surface area contributed by atoms with Gasteiger partial charge in [-0.15, -0.1) is 0 Å². The second-order valence-corrected chi connectivity index (χ2v) is 4.56. The number of aliphatic carboxylic acids is 1. The fourth-order valence-corrected chi connectivity index (χ4v) is 1.77. The molecule has 0 saturated carbocycles. The molecule has 0 saturated heterocycles. The Labute approximate surface area is 122 Å². The van der Waals surface area contributed by atoms with Crippen molar-refractivity contribution in [3.05, 3.63) is 45.8 Å². The van der Waals surface area contributed by atoms with Gasteiger partial charge in [0.1, 0.15) is 11.6 Å². The van der Waals surface area contributed by atoms with Crippen LogP contribution < -0.4 is 0 Å². The topological polar surface area (TPSA) is 113 Å². The highest BCUT2D eigenvalue weighted by Crippen LogP contribution is 2.25. The zero-order chi connectivity index (χ0) is 15.8. The van der Waals surface area contributed by atoms with Gasteiger partial charge in [-0.05, 0) is 37.2 Å². The molecule has 21 heavy (non-hydrogen) atoms. The highest BCUT2D eigenvalue weighted by Gasteiger charge is 2.16. The van der Waals surface area contributed by atoms with Crippen LogP contribution in [0.25, 0.3) is 16.0 Å². The van der Waals surface area contributed by atoms with Crippen LogP contribution in [0.15, 0.2) is 35.0 Å². The number of rotatable bonds is 6. The molecule has 1 aromatic rings. The zero-order valence-electron chi connectivity index (χ0n) is 11.8. The lowest BCUT2D eigenvalue weighted by Crippen LogP contribution is -2.14. The van der Waals surface area contributed by atoms with E-state index in [1.54, 1.807) is 30.3 Å². The molecule has 108 valence electrons. The fourth-order valence-electron chi connectivity index (χ4n) is 1.77. The lowest BCUT2D eigenvalue weighted by molar-refractivity contribution is -0.132. The van der Waals surface area contributed by atoms with Crippen molar-refractivity contribution in [3.63, 3.8) is 0 Å². The standard InChI is InChI=1S/C14H15N5O2/c1-19(2)8-7-12(13(9-15)14(20)21)10-3-5-11(6-4-10)17-18-16/h3-6H,7-8H2,1-2H3,(H,20,21). The molecule has 0 fully saturated rings. The summed E-state index contributed by atoms with van der Waals surface area (Å²) in [6, 6.07) is 8.21. The van der Waals surface area contributed by atoms with Crippen LogP contribution in [0, 0.1) is 11.3 Å². The van der Waals surface area contributed by atoms with Gasteiger partial charge in [0.2, 0.25) is 0 Å². The van der Waals surface area contributed by atoms with Gasteiger partial charge in [-0.25, -0.2) is 4.79 Å². The van der Waals surface area contributed by atoms with Gasteiger partial charge in [0, 0.05) is 17.1 Å². The van der Waals surface area contributed by atoms with Crippen LogP contribution in [0.4, 0.5) is 5.69 Å². The van der Waals surface area contributed by atoms with Crippen molar-refractivity contribution in [2.75, 3.05) is 20.6 Å². The van der Waals surface area contributed by atoms with Crippen LogP contribution in [0.3, 0.4) is 0 Å². The van der Waals surface area contributed by atoms with Crippen LogP contribution in [0.1, 0.15) is 12.0 Å². The summed E-state index contributed by atoms with van der Waals surface area (Å²) in [5.41, 5.74) is 9.62. The normalized spacial score (nSPS) is 11.3. The first-order chi connectivity index (χ1) is 9.99. The average Bonchev–Trinajstić information content (AvgIpc) is 2.44. The van der Waals surface area contributed by atoms with Gasteiger partial charge in [-0.1, -0.05) is 29.4 Å². The van der Waals surface area contributed by atoms with E-state index in [2.05, 4.69) is 10.0 Å². The molecule has 1 aromatic carbocycles. The summed E-state index contributed by atoms with van der Waals surface area (Å²) >= 11 is 0. The minimum Gasteiger partial charge on any atom is -0.477 e. The maximum Gasteiger partial charge on any atom is 0.346 e. The molecule has 0 atom stereocenters. The molecule has 1 N–H and O–H groups in total. The summed E-state index contributed by atoms with van der Waals surface area (Å²) in [6.45, 7) is 0.617. The minimum absolute atomic E-state index is 0.270. The summed E-state index contributed by atoms with van der Waals surface area (Å²) in [5.74, 6) is -1.25. The third kappa shape index (κ3) is 4.66. The highest BCUT2D eigenvalue weighted by atomic mass is 16.4. The Kier molecular flexibility index (Phi) is 5.96. The van der Waals surface area contributed by atoms with Crippen LogP contribution in [0.2, 0.25) is 0 Å².